The molecule has 0 heterocycles. The molecule has 114 valence electrons. The van der Waals surface area contributed by atoms with Crippen molar-refractivity contribution < 1.29 is 14.3 Å². The molecule has 0 fully saturated rings. The highest BCUT2D eigenvalue weighted by atomic mass is 79.9. The first-order valence-corrected chi connectivity index (χ1v) is 7.68. The Kier molecular flexibility index (Phi) is 5.83. The number of rotatable bonds is 4. The summed E-state index contributed by atoms with van der Waals surface area (Å²) in [6.07, 6.45) is 0. The third-order valence-corrected chi connectivity index (χ3v) is 3.83. The molecule has 0 atom stereocenters. The van der Waals surface area contributed by atoms with E-state index in [4.69, 9.17) is 27.9 Å². The minimum atomic E-state index is -0.578. The summed E-state index contributed by atoms with van der Waals surface area (Å²) < 4.78 is 5.69. The number of halogens is 3. The van der Waals surface area contributed by atoms with Crippen LogP contribution in [0, 0.1) is 0 Å². The molecule has 0 radical (unpaired) electrons. The van der Waals surface area contributed by atoms with Gasteiger partial charge in [-0.2, -0.15) is 0 Å². The maximum Gasteiger partial charge on any atom is 0.338 e. The molecule has 2 rings (SSSR count). The van der Waals surface area contributed by atoms with Crippen molar-refractivity contribution in [1.29, 1.82) is 0 Å². The Balaban J connectivity index is 1.90. The molecule has 0 spiro atoms. The molecular formula is C15H10BrCl2NO3. The van der Waals surface area contributed by atoms with Crippen LogP contribution in [-0.4, -0.2) is 18.5 Å². The highest BCUT2D eigenvalue weighted by Crippen LogP contribution is 2.24. The number of nitrogens with one attached hydrogen (secondary N) is 1. The van der Waals surface area contributed by atoms with Crippen molar-refractivity contribution >= 4 is 56.7 Å². The van der Waals surface area contributed by atoms with Crippen LogP contribution in [0.1, 0.15) is 10.4 Å². The smallest absolute Gasteiger partial charge is 0.338 e. The van der Waals surface area contributed by atoms with Crippen LogP contribution in [0.25, 0.3) is 0 Å². The maximum atomic E-state index is 11.8. The van der Waals surface area contributed by atoms with Crippen molar-refractivity contribution in [1.82, 2.24) is 0 Å². The lowest BCUT2D eigenvalue weighted by molar-refractivity contribution is -0.119. The van der Waals surface area contributed by atoms with E-state index in [1.807, 2.05) is 0 Å². The third kappa shape index (κ3) is 4.73. The molecule has 2 aromatic rings. The molecule has 4 nitrogen and oxygen atoms in total. The van der Waals surface area contributed by atoms with Crippen molar-refractivity contribution in [2.24, 2.45) is 0 Å². The molecule has 22 heavy (non-hydrogen) atoms. The molecule has 1 N–H and O–H groups in total. The highest BCUT2D eigenvalue weighted by molar-refractivity contribution is 9.10. The molecule has 0 saturated heterocycles. The van der Waals surface area contributed by atoms with Gasteiger partial charge in [-0.25, -0.2) is 4.79 Å². The van der Waals surface area contributed by atoms with E-state index in [1.54, 1.807) is 36.4 Å². The second kappa shape index (κ2) is 7.63. The number of esters is 1. The van der Waals surface area contributed by atoms with Gasteiger partial charge in [0.25, 0.3) is 5.91 Å². The summed E-state index contributed by atoms with van der Waals surface area (Å²) in [5.74, 6) is -1.05. The SMILES string of the molecule is O=C(COC(=O)c1cccc(Br)c1)Nc1ccc(Cl)c(Cl)c1. The number of ether oxygens (including phenoxy) is 1. The maximum absolute atomic E-state index is 11.8. The summed E-state index contributed by atoms with van der Waals surface area (Å²) in [6, 6.07) is 11.4. The number of carbonyl (C=O) groups is 2. The van der Waals surface area contributed by atoms with Gasteiger partial charge in [-0.1, -0.05) is 45.2 Å². The molecular weight excluding hydrogens is 393 g/mol. The van der Waals surface area contributed by atoms with Gasteiger partial charge in [0.05, 0.1) is 15.6 Å². The first-order chi connectivity index (χ1) is 10.5. The Hall–Kier alpha value is -1.56. The summed E-state index contributed by atoms with van der Waals surface area (Å²) in [4.78, 5) is 23.5. The number of benzene rings is 2. The number of hydrogen-bond acceptors (Lipinski definition) is 3. The van der Waals surface area contributed by atoms with Crippen molar-refractivity contribution in [2.45, 2.75) is 0 Å². The molecule has 0 aliphatic carbocycles. The van der Waals surface area contributed by atoms with E-state index in [-0.39, 0.29) is 0 Å². The lowest BCUT2D eigenvalue weighted by atomic mass is 10.2. The van der Waals surface area contributed by atoms with Crippen LogP contribution in [0.3, 0.4) is 0 Å². The van der Waals surface area contributed by atoms with Gasteiger partial charge in [-0.3, -0.25) is 4.79 Å². The molecule has 2 aromatic carbocycles. The summed E-state index contributed by atoms with van der Waals surface area (Å²) in [5.41, 5.74) is 0.828. The fraction of sp³-hybridized carbons (Fsp3) is 0.0667. The van der Waals surface area contributed by atoms with E-state index in [0.29, 0.717) is 21.3 Å². The normalized spacial score (nSPS) is 10.1. The van der Waals surface area contributed by atoms with E-state index < -0.39 is 18.5 Å². The predicted molar refractivity (Wildman–Crippen MR) is 89.5 cm³/mol. The van der Waals surface area contributed by atoms with Gasteiger partial charge >= 0.3 is 5.97 Å². The van der Waals surface area contributed by atoms with E-state index in [2.05, 4.69) is 21.2 Å². The van der Waals surface area contributed by atoms with E-state index in [9.17, 15) is 9.59 Å². The lowest BCUT2D eigenvalue weighted by Crippen LogP contribution is -2.20. The zero-order chi connectivity index (χ0) is 16.1. The Morgan fingerprint density at radius 3 is 2.55 bits per heavy atom. The third-order valence-electron chi connectivity index (χ3n) is 2.60. The van der Waals surface area contributed by atoms with Crippen LogP contribution in [0.5, 0.6) is 0 Å². The summed E-state index contributed by atoms with van der Waals surface area (Å²) >= 11 is 14.9. The monoisotopic (exact) mass is 401 g/mol. The van der Waals surface area contributed by atoms with Crippen molar-refractivity contribution in [3.63, 3.8) is 0 Å². The Morgan fingerprint density at radius 1 is 1.09 bits per heavy atom. The minimum absolute atomic E-state index is 0.325. The fourth-order valence-electron chi connectivity index (χ4n) is 1.60. The van der Waals surface area contributed by atoms with Crippen LogP contribution < -0.4 is 5.32 Å². The van der Waals surface area contributed by atoms with Gasteiger partial charge in [0.2, 0.25) is 0 Å². The average Bonchev–Trinajstić information content (AvgIpc) is 2.48. The van der Waals surface area contributed by atoms with Gasteiger partial charge in [-0.15, -0.1) is 0 Å². The van der Waals surface area contributed by atoms with Gasteiger partial charge in [0, 0.05) is 10.2 Å². The molecule has 1 amide bonds. The molecule has 0 aromatic heterocycles. The zero-order valence-electron chi connectivity index (χ0n) is 11.1. The van der Waals surface area contributed by atoms with Crippen LogP contribution in [0.2, 0.25) is 10.0 Å². The van der Waals surface area contributed by atoms with Gasteiger partial charge < -0.3 is 10.1 Å². The lowest BCUT2D eigenvalue weighted by Gasteiger charge is -2.07. The summed E-state index contributed by atoms with van der Waals surface area (Å²) in [7, 11) is 0. The predicted octanol–water partition coefficient (Wildman–Crippen LogP) is 4.55. The number of carbonyl (C=O) groups excluding carboxylic acids is 2. The van der Waals surface area contributed by atoms with Crippen molar-refractivity contribution in [3.8, 4) is 0 Å². The molecule has 0 bridgehead atoms. The van der Waals surface area contributed by atoms with Crippen LogP contribution in [0.15, 0.2) is 46.9 Å². The van der Waals surface area contributed by atoms with E-state index >= 15 is 0 Å². The Morgan fingerprint density at radius 2 is 1.86 bits per heavy atom. The van der Waals surface area contributed by atoms with Crippen molar-refractivity contribution in [2.75, 3.05) is 11.9 Å². The number of amides is 1. The first kappa shape index (κ1) is 16.8. The second-order valence-corrected chi connectivity index (χ2v) is 5.99. The standard InChI is InChI=1S/C15H10BrCl2NO3/c16-10-3-1-2-9(6-10)15(21)22-8-14(20)19-11-4-5-12(17)13(18)7-11/h1-7H,8H2,(H,19,20). The molecule has 7 heteroatoms. The van der Waals surface area contributed by atoms with E-state index in [1.165, 1.54) is 6.07 Å². The number of anilines is 1. The fourth-order valence-corrected chi connectivity index (χ4v) is 2.30. The topological polar surface area (TPSA) is 55.4 Å². The first-order valence-electron chi connectivity index (χ1n) is 6.13. The number of hydrogen-bond donors (Lipinski definition) is 1. The van der Waals surface area contributed by atoms with E-state index in [0.717, 1.165) is 4.47 Å². The quantitative estimate of drug-likeness (QED) is 0.763. The summed E-state index contributed by atoms with van der Waals surface area (Å²) in [6.45, 7) is -0.397. The van der Waals surface area contributed by atoms with Gasteiger partial charge in [0.1, 0.15) is 0 Å². The second-order valence-electron chi connectivity index (χ2n) is 4.26. The van der Waals surface area contributed by atoms with Crippen LogP contribution in [0.4, 0.5) is 5.69 Å². The van der Waals surface area contributed by atoms with Gasteiger partial charge in [0.15, 0.2) is 6.61 Å². The zero-order valence-corrected chi connectivity index (χ0v) is 14.2. The average molecular weight is 403 g/mol. The molecule has 0 unspecified atom stereocenters. The van der Waals surface area contributed by atoms with Crippen LogP contribution >= 0.6 is 39.1 Å². The molecule has 0 aliphatic heterocycles. The Labute approximate surface area is 145 Å². The summed E-state index contributed by atoms with van der Waals surface area (Å²) in [5, 5.41) is 3.27. The largest absolute Gasteiger partial charge is 0.452 e. The Bertz CT molecular complexity index is 722. The molecule has 0 aliphatic rings. The highest BCUT2D eigenvalue weighted by Gasteiger charge is 2.11. The van der Waals surface area contributed by atoms with Crippen LogP contribution in [-0.2, 0) is 9.53 Å². The molecule has 0 saturated carbocycles. The van der Waals surface area contributed by atoms with Gasteiger partial charge in [-0.05, 0) is 36.4 Å². The minimum Gasteiger partial charge on any atom is -0.452 e. The van der Waals surface area contributed by atoms with Crippen molar-refractivity contribution in [3.05, 3.63) is 62.5 Å².